The minimum absolute atomic E-state index is 0.125. The van der Waals surface area contributed by atoms with E-state index in [4.69, 9.17) is 5.11 Å². The molecule has 0 unspecified atom stereocenters. The van der Waals surface area contributed by atoms with Crippen molar-refractivity contribution in [3.63, 3.8) is 0 Å². The molecule has 1 heterocycles. The Morgan fingerprint density at radius 1 is 1.38 bits per heavy atom. The summed E-state index contributed by atoms with van der Waals surface area (Å²) in [5.41, 5.74) is 1.99. The Bertz CT molecular complexity index is 666. The predicted molar refractivity (Wildman–Crippen MR) is 75.3 cm³/mol. The molecule has 1 aromatic carbocycles. The Morgan fingerprint density at radius 2 is 2.14 bits per heavy atom. The van der Waals surface area contributed by atoms with Gasteiger partial charge in [-0.3, -0.25) is 9.59 Å². The fourth-order valence-electron chi connectivity index (χ4n) is 1.91. The molecule has 0 radical (unpaired) electrons. The number of likely N-dealkylation sites (N-methyl/N-ethyl adjacent to an activating group) is 1. The summed E-state index contributed by atoms with van der Waals surface area (Å²) in [5, 5.41) is 16.5. The number of aromatic nitrogens is 3. The molecule has 21 heavy (non-hydrogen) atoms. The van der Waals surface area contributed by atoms with E-state index in [-0.39, 0.29) is 12.2 Å². The molecule has 0 fully saturated rings. The number of benzene rings is 1. The Hall–Kier alpha value is -2.70. The lowest BCUT2D eigenvalue weighted by atomic mass is 10.2. The second-order valence-electron chi connectivity index (χ2n) is 4.60. The van der Waals surface area contributed by atoms with Gasteiger partial charge in [0.15, 0.2) is 5.69 Å². The number of hydrogen-bond acceptors (Lipinski definition) is 4. The first kappa shape index (κ1) is 14.7. The summed E-state index contributed by atoms with van der Waals surface area (Å²) in [6, 6.07) is 7.61. The first-order chi connectivity index (χ1) is 10.0. The van der Waals surface area contributed by atoms with Gasteiger partial charge in [0.05, 0.1) is 11.9 Å². The van der Waals surface area contributed by atoms with Crippen molar-refractivity contribution in [2.24, 2.45) is 0 Å². The lowest BCUT2D eigenvalue weighted by Gasteiger charge is -2.16. The number of aryl methyl sites for hydroxylation is 1. The smallest absolute Gasteiger partial charge is 0.323 e. The number of carboxylic acid groups (broad SMARTS) is 1. The quantitative estimate of drug-likeness (QED) is 0.890. The van der Waals surface area contributed by atoms with Gasteiger partial charge in [0, 0.05) is 6.54 Å². The standard InChI is InChI=1S/C14H16N4O3/c1-3-17(9-13(19)20)14(21)12-8-18(16-15-12)11-6-4-5-10(2)7-11/h4-8H,3,9H2,1-2H3,(H,19,20). The molecule has 0 aliphatic heterocycles. The fraction of sp³-hybridized carbons (Fsp3) is 0.286. The molecule has 2 rings (SSSR count). The molecule has 1 aromatic heterocycles. The largest absolute Gasteiger partial charge is 0.480 e. The zero-order chi connectivity index (χ0) is 15.4. The summed E-state index contributed by atoms with van der Waals surface area (Å²) in [7, 11) is 0. The van der Waals surface area contributed by atoms with Crippen molar-refractivity contribution in [1.29, 1.82) is 0 Å². The van der Waals surface area contributed by atoms with Crippen molar-refractivity contribution in [2.45, 2.75) is 13.8 Å². The number of nitrogens with zero attached hydrogens (tertiary/aromatic N) is 4. The van der Waals surface area contributed by atoms with Crippen LogP contribution in [-0.2, 0) is 4.79 Å². The van der Waals surface area contributed by atoms with Crippen LogP contribution in [0, 0.1) is 6.92 Å². The molecule has 0 aliphatic rings. The Balaban J connectivity index is 2.23. The van der Waals surface area contributed by atoms with Gasteiger partial charge in [0.2, 0.25) is 0 Å². The van der Waals surface area contributed by atoms with Crippen molar-refractivity contribution in [1.82, 2.24) is 19.9 Å². The van der Waals surface area contributed by atoms with Crippen molar-refractivity contribution in [3.8, 4) is 5.69 Å². The summed E-state index contributed by atoms with van der Waals surface area (Å²) < 4.78 is 1.49. The number of carbonyl (C=O) groups excluding carboxylic acids is 1. The van der Waals surface area contributed by atoms with E-state index in [9.17, 15) is 9.59 Å². The van der Waals surface area contributed by atoms with Crippen molar-refractivity contribution >= 4 is 11.9 Å². The highest BCUT2D eigenvalue weighted by atomic mass is 16.4. The minimum Gasteiger partial charge on any atom is -0.480 e. The lowest BCUT2D eigenvalue weighted by molar-refractivity contribution is -0.137. The topological polar surface area (TPSA) is 88.3 Å². The van der Waals surface area contributed by atoms with Crippen LogP contribution in [0.5, 0.6) is 0 Å². The fourth-order valence-corrected chi connectivity index (χ4v) is 1.91. The van der Waals surface area contributed by atoms with Crippen molar-refractivity contribution < 1.29 is 14.7 Å². The average molecular weight is 288 g/mol. The monoisotopic (exact) mass is 288 g/mol. The maximum Gasteiger partial charge on any atom is 0.323 e. The molecule has 0 spiro atoms. The third-order valence-corrected chi connectivity index (χ3v) is 2.97. The highest BCUT2D eigenvalue weighted by Crippen LogP contribution is 2.10. The van der Waals surface area contributed by atoms with Gasteiger partial charge >= 0.3 is 5.97 Å². The number of amides is 1. The minimum atomic E-state index is -1.06. The maximum absolute atomic E-state index is 12.2. The zero-order valence-electron chi connectivity index (χ0n) is 11.9. The van der Waals surface area contributed by atoms with Crippen molar-refractivity contribution in [2.75, 3.05) is 13.1 Å². The third-order valence-electron chi connectivity index (χ3n) is 2.97. The molecule has 1 N–H and O–H groups in total. The van der Waals surface area contributed by atoms with Gasteiger partial charge in [-0.05, 0) is 31.5 Å². The van der Waals surface area contributed by atoms with Gasteiger partial charge in [-0.1, -0.05) is 17.3 Å². The van der Waals surface area contributed by atoms with Crippen LogP contribution < -0.4 is 0 Å². The molecular formula is C14H16N4O3. The molecule has 2 aromatic rings. The van der Waals surface area contributed by atoms with Crippen LogP contribution in [-0.4, -0.2) is 50.0 Å². The molecule has 0 aliphatic carbocycles. The number of aliphatic carboxylic acids is 1. The van der Waals surface area contributed by atoms with E-state index < -0.39 is 11.9 Å². The third kappa shape index (κ3) is 3.44. The lowest BCUT2D eigenvalue weighted by Crippen LogP contribution is -2.35. The predicted octanol–water partition coefficient (Wildman–Crippen LogP) is 1.12. The van der Waals surface area contributed by atoms with E-state index in [1.165, 1.54) is 15.8 Å². The van der Waals surface area contributed by atoms with E-state index >= 15 is 0 Å². The highest BCUT2D eigenvalue weighted by Gasteiger charge is 2.20. The van der Waals surface area contributed by atoms with Gasteiger partial charge in [-0.25, -0.2) is 4.68 Å². The summed E-state index contributed by atoms with van der Waals surface area (Å²) in [6.07, 6.45) is 1.50. The summed E-state index contributed by atoms with van der Waals surface area (Å²) in [6.45, 7) is 3.61. The number of carbonyl (C=O) groups is 2. The molecule has 7 heteroatoms. The van der Waals surface area contributed by atoms with E-state index in [2.05, 4.69) is 10.3 Å². The van der Waals surface area contributed by atoms with Crippen LogP contribution in [0.25, 0.3) is 5.69 Å². The number of hydrogen-bond donors (Lipinski definition) is 1. The van der Waals surface area contributed by atoms with E-state index in [1.807, 2.05) is 31.2 Å². The van der Waals surface area contributed by atoms with Crippen LogP contribution >= 0.6 is 0 Å². The molecular weight excluding hydrogens is 272 g/mol. The second kappa shape index (κ2) is 6.17. The summed E-state index contributed by atoms with van der Waals surface area (Å²) in [5.74, 6) is -1.50. The zero-order valence-corrected chi connectivity index (χ0v) is 11.9. The van der Waals surface area contributed by atoms with Gasteiger partial charge in [0.1, 0.15) is 6.54 Å². The van der Waals surface area contributed by atoms with Gasteiger partial charge < -0.3 is 10.0 Å². The van der Waals surface area contributed by atoms with Crippen LogP contribution in [0.4, 0.5) is 0 Å². The summed E-state index contributed by atoms with van der Waals surface area (Å²) >= 11 is 0. The van der Waals surface area contributed by atoms with E-state index in [1.54, 1.807) is 6.92 Å². The molecule has 0 saturated carbocycles. The Labute approximate surface area is 121 Å². The van der Waals surface area contributed by atoms with Gasteiger partial charge in [-0.15, -0.1) is 5.10 Å². The molecule has 0 saturated heterocycles. The Morgan fingerprint density at radius 3 is 2.76 bits per heavy atom. The maximum atomic E-state index is 12.2. The first-order valence-corrected chi connectivity index (χ1v) is 6.51. The summed E-state index contributed by atoms with van der Waals surface area (Å²) in [4.78, 5) is 24.1. The van der Waals surface area contributed by atoms with Crippen molar-refractivity contribution in [3.05, 3.63) is 41.7 Å². The van der Waals surface area contributed by atoms with Crippen LogP contribution in [0.15, 0.2) is 30.5 Å². The second-order valence-corrected chi connectivity index (χ2v) is 4.60. The highest BCUT2D eigenvalue weighted by molar-refractivity contribution is 5.93. The van der Waals surface area contributed by atoms with Crippen LogP contribution in [0.3, 0.4) is 0 Å². The van der Waals surface area contributed by atoms with Gasteiger partial charge in [-0.2, -0.15) is 0 Å². The first-order valence-electron chi connectivity index (χ1n) is 6.51. The van der Waals surface area contributed by atoms with Crippen LogP contribution in [0.1, 0.15) is 23.0 Å². The molecule has 0 bridgehead atoms. The molecule has 7 nitrogen and oxygen atoms in total. The van der Waals surface area contributed by atoms with E-state index in [0.29, 0.717) is 6.54 Å². The number of carboxylic acids is 1. The molecule has 110 valence electrons. The average Bonchev–Trinajstić information content (AvgIpc) is 2.93. The SMILES string of the molecule is CCN(CC(=O)O)C(=O)c1cn(-c2cccc(C)c2)nn1. The Kier molecular flexibility index (Phi) is 4.32. The molecule has 1 amide bonds. The molecule has 0 atom stereocenters. The number of rotatable bonds is 5. The van der Waals surface area contributed by atoms with Crippen LogP contribution in [0.2, 0.25) is 0 Å². The normalized spacial score (nSPS) is 10.4. The van der Waals surface area contributed by atoms with Gasteiger partial charge in [0.25, 0.3) is 5.91 Å². The van der Waals surface area contributed by atoms with E-state index in [0.717, 1.165) is 11.3 Å².